The second-order valence-corrected chi connectivity index (χ2v) is 9.85. The third kappa shape index (κ3) is 6.03. The van der Waals surface area contributed by atoms with Crippen LogP contribution in [0.3, 0.4) is 0 Å². The van der Waals surface area contributed by atoms with Crippen molar-refractivity contribution < 1.29 is 27.5 Å². The standard InChI is InChI=1S/C25H30N2O6S/c1-4-33-24(28)15-10-19-8-12-21(13-9-19)26-25(29)20-11-14-22(32-3)23(17-20)34(30,31)27-16-6-5-7-18(27)2/h8-15,17-18H,4-7,16H2,1-3H3,(H,26,29)/b15-10+. The molecule has 1 aliphatic rings. The van der Waals surface area contributed by atoms with E-state index < -0.39 is 21.9 Å². The number of carbonyl (C=O) groups is 2. The fourth-order valence-electron chi connectivity index (χ4n) is 3.81. The highest BCUT2D eigenvalue weighted by molar-refractivity contribution is 7.89. The summed E-state index contributed by atoms with van der Waals surface area (Å²) in [6, 6.07) is 11.2. The van der Waals surface area contributed by atoms with E-state index in [1.807, 2.05) is 6.92 Å². The van der Waals surface area contributed by atoms with E-state index in [4.69, 9.17) is 9.47 Å². The van der Waals surface area contributed by atoms with E-state index in [9.17, 15) is 18.0 Å². The van der Waals surface area contributed by atoms with Crippen LogP contribution in [0.5, 0.6) is 5.75 Å². The van der Waals surface area contributed by atoms with Gasteiger partial charge >= 0.3 is 5.97 Å². The molecule has 0 spiro atoms. The van der Waals surface area contributed by atoms with Crippen LogP contribution in [0.4, 0.5) is 5.69 Å². The molecule has 1 fully saturated rings. The van der Waals surface area contributed by atoms with Crippen LogP contribution < -0.4 is 10.1 Å². The normalized spacial score (nSPS) is 16.9. The van der Waals surface area contributed by atoms with Crippen LogP contribution in [0, 0.1) is 0 Å². The van der Waals surface area contributed by atoms with Crippen molar-refractivity contribution in [3.63, 3.8) is 0 Å². The second-order valence-electron chi connectivity index (χ2n) is 7.99. The van der Waals surface area contributed by atoms with Crippen molar-refractivity contribution in [2.24, 2.45) is 0 Å². The number of carbonyl (C=O) groups excluding carboxylic acids is 2. The molecule has 0 radical (unpaired) electrons. The Labute approximate surface area is 200 Å². The monoisotopic (exact) mass is 486 g/mol. The van der Waals surface area contributed by atoms with Crippen molar-refractivity contribution in [2.75, 3.05) is 25.6 Å². The van der Waals surface area contributed by atoms with Gasteiger partial charge in [-0.25, -0.2) is 13.2 Å². The van der Waals surface area contributed by atoms with Gasteiger partial charge in [0.2, 0.25) is 10.0 Å². The van der Waals surface area contributed by atoms with Gasteiger partial charge in [0, 0.05) is 29.9 Å². The molecule has 3 rings (SSSR count). The first-order chi connectivity index (χ1) is 16.3. The Balaban J connectivity index is 1.79. The van der Waals surface area contributed by atoms with Gasteiger partial charge in [0.15, 0.2) is 0 Å². The van der Waals surface area contributed by atoms with Crippen molar-refractivity contribution in [3.8, 4) is 5.75 Å². The lowest BCUT2D eigenvalue weighted by atomic mass is 10.1. The number of rotatable bonds is 8. The number of nitrogens with zero attached hydrogens (tertiary/aromatic N) is 1. The maximum Gasteiger partial charge on any atom is 0.330 e. The van der Waals surface area contributed by atoms with Crippen LogP contribution in [0.1, 0.15) is 49.0 Å². The van der Waals surface area contributed by atoms with Crippen molar-refractivity contribution >= 4 is 33.7 Å². The predicted octanol–water partition coefficient (Wildman–Crippen LogP) is 4.09. The third-order valence-corrected chi connectivity index (χ3v) is 7.66. The molecule has 0 aromatic heterocycles. The minimum absolute atomic E-state index is 0.0177. The number of anilines is 1. The molecule has 2 aromatic rings. The lowest BCUT2D eigenvalue weighted by Crippen LogP contribution is -2.42. The minimum Gasteiger partial charge on any atom is -0.495 e. The highest BCUT2D eigenvalue weighted by Crippen LogP contribution is 2.32. The molecule has 1 atom stereocenters. The lowest BCUT2D eigenvalue weighted by Gasteiger charge is -2.32. The Morgan fingerprint density at radius 1 is 1.15 bits per heavy atom. The molecule has 1 heterocycles. The number of hydrogen-bond acceptors (Lipinski definition) is 6. The van der Waals surface area contributed by atoms with Crippen LogP contribution in [0.25, 0.3) is 6.08 Å². The average Bonchev–Trinajstić information content (AvgIpc) is 2.83. The molecule has 34 heavy (non-hydrogen) atoms. The van der Waals surface area contributed by atoms with Crippen molar-refractivity contribution in [2.45, 2.75) is 44.0 Å². The first kappa shape index (κ1) is 25.5. The van der Waals surface area contributed by atoms with Crippen LogP contribution in [-0.2, 0) is 19.6 Å². The summed E-state index contributed by atoms with van der Waals surface area (Å²) in [5.74, 6) is -0.670. The van der Waals surface area contributed by atoms with E-state index in [0.717, 1.165) is 24.8 Å². The molecule has 9 heteroatoms. The maximum absolute atomic E-state index is 13.4. The summed E-state index contributed by atoms with van der Waals surface area (Å²) in [5, 5.41) is 2.77. The highest BCUT2D eigenvalue weighted by Gasteiger charge is 2.33. The summed E-state index contributed by atoms with van der Waals surface area (Å²) in [7, 11) is -2.41. The second kappa shape index (κ2) is 11.3. The maximum atomic E-state index is 13.4. The van der Waals surface area contributed by atoms with Crippen molar-refractivity contribution in [1.29, 1.82) is 0 Å². The van der Waals surface area contributed by atoms with Crippen LogP contribution in [-0.4, -0.2) is 50.9 Å². The molecule has 1 aliphatic heterocycles. The van der Waals surface area contributed by atoms with Gasteiger partial charge in [-0.05, 0) is 68.7 Å². The Hall–Kier alpha value is -3.17. The topological polar surface area (TPSA) is 102 Å². The van der Waals surface area contributed by atoms with E-state index in [-0.39, 0.29) is 22.3 Å². The molecule has 1 saturated heterocycles. The number of benzene rings is 2. The van der Waals surface area contributed by atoms with Gasteiger partial charge in [-0.1, -0.05) is 18.6 Å². The van der Waals surface area contributed by atoms with Gasteiger partial charge in [-0.2, -0.15) is 4.31 Å². The zero-order chi connectivity index (χ0) is 24.7. The van der Waals surface area contributed by atoms with E-state index in [0.29, 0.717) is 18.8 Å². The summed E-state index contributed by atoms with van der Waals surface area (Å²) in [4.78, 5) is 24.3. The first-order valence-electron chi connectivity index (χ1n) is 11.2. The van der Waals surface area contributed by atoms with Crippen LogP contribution in [0.2, 0.25) is 0 Å². The molecule has 1 N–H and O–H groups in total. The van der Waals surface area contributed by atoms with E-state index in [2.05, 4.69) is 5.32 Å². The third-order valence-electron chi connectivity index (χ3n) is 5.62. The quantitative estimate of drug-likeness (QED) is 0.446. The lowest BCUT2D eigenvalue weighted by molar-refractivity contribution is -0.137. The smallest absolute Gasteiger partial charge is 0.330 e. The van der Waals surface area contributed by atoms with Crippen LogP contribution >= 0.6 is 0 Å². The largest absolute Gasteiger partial charge is 0.495 e. The number of amides is 1. The van der Waals surface area contributed by atoms with E-state index >= 15 is 0 Å². The minimum atomic E-state index is -3.82. The Morgan fingerprint density at radius 3 is 2.53 bits per heavy atom. The summed E-state index contributed by atoms with van der Waals surface area (Å²) in [6.07, 6.45) is 5.54. The van der Waals surface area contributed by atoms with Crippen molar-refractivity contribution in [3.05, 3.63) is 59.7 Å². The Bertz CT molecular complexity index is 1160. The molecule has 0 bridgehead atoms. The summed E-state index contributed by atoms with van der Waals surface area (Å²) in [6.45, 7) is 4.38. The molecule has 1 amide bonds. The summed E-state index contributed by atoms with van der Waals surface area (Å²) >= 11 is 0. The molecule has 0 aliphatic carbocycles. The van der Waals surface area contributed by atoms with Gasteiger partial charge < -0.3 is 14.8 Å². The number of sulfonamides is 1. The van der Waals surface area contributed by atoms with Gasteiger partial charge in [-0.15, -0.1) is 0 Å². The molecule has 0 saturated carbocycles. The number of hydrogen-bond donors (Lipinski definition) is 1. The predicted molar refractivity (Wildman–Crippen MR) is 130 cm³/mol. The Morgan fingerprint density at radius 2 is 1.88 bits per heavy atom. The van der Waals surface area contributed by atoms with Crippen LogP contribution in [0.15, 0.2) is 53.4 Å². The fraction of sp³-hybridized carbons (Fsp3) is 0.360. The SMILES string of the molecule is CCOC(=O)/C=C/c1ccc(NC(=O)c2ccc(OC)c(S(=O)(=O)N3CCCCC3C)c2)cc1. The average molecular weight is 487 g/mol. The zero-order valence-corrected chi connectivity index (χ0v) is 20.4. The summed E-state index contributed by atoms with van der Waals surface area (Å²) in [5.41, 5.74) is 1.50. The van der Waals surface area contributed by atoms with E-state index in [1.165, 1.54) is 35.7 Å². The van der Waals surface area contributed by atoms with Gasteiger partial charge in [0.05, 0.1) is 13.7 Å². The highest BCUT2D eigenvalue weighted by atomic mass is 32.2. The molecule has 8 nitrogen and oxygen atoms in total. The fourth-order valence-corrected chi connectivity index (χ4v) is 5.69. The van der Waals surface area contributed by atoms with Gasteiger partial charge in [0.25, 0.3) is 5.91 Å². The number of ether oxygens (including phenoxy) is 2. The molecular weight excluding hydrogens is 456 g/mol. The number of piperidine rings is 1. The summed E-state index contributed by atoms with van der Waals surface area (Å²) < 4.78 is 38.4. The zero-order valence-electron chi connectivity index (χ0n) is 19.6. The van der Waals surface area contributed by atoms with E-state index in [1.54, 1.807) is 37.3 Å². The van der Waals surface area contributed by atoms with Gasteiger partial charge in [-0.3, -0.25) is 4.79 Å². The van der Waals surface area contributed by atoms with Gasteiger partial charge in [0.1, 0.15) is 10.6 Å². The first-order valence-corrected chi connectivity index (χ1v) is 12.7. The molecule has 1 unspecified atom stereocenters. The Kier molecular flexibility index (Phi) is 8.46. The number of esters is 1. The van der Waals surface area contributed by atoms with Crippen molar-refractivity contribution in [1.82, 2.24) is 4.31 Å². The molecular formula is C25H30N2O6S. The number of methoxy groups -OCH3 is 1. The molecule has 2 aromatic carbocycles. The molecule has 182 valence electrons. The number of nitrogens with one attached hydrogen (secondary N) is 1.